The zero-order valence-corrected chi connectivity index (χ0v) is 13.2. The first-order chi connectivity index (χ1) is 11.7. The summed E-state index contributed by atoms with van der Waals surface area (Å²) in [7, 11) is 0. The predicted octanol–water partition coefficient (Wildman–Crippen LogP) is 1.92. The van der Waals surface area contributed by atoms with Crippen LogP contribution in [0.2, 0.25) is 0 Å². The van der Waals surface area contributed by atoms with Gasteiger partial charge in [0.2, 0.25) is 0 Å². The Balaban J connectivity index is 1.56. The molecule has 2 aromatic carbocycles. The molecule has 0 saturated carbocycles. The van der Waals surface area contributed by atoms with Gasteiger partial charge in [0.1, 0.15) is 12.1 Å². The van der Waals surface area contributed by atoms with Crippen LogP contribution in [-0.2, 0) is 4.79 Å². The second-order valence-corrected chi connectivity index (χ2v) is 5.24. The Labute approximate surface area is 139 Å². The van der Waals surface area contributed by atoms with Gasteiger partial charge in [0.15, 0.2) is 6.61 Å². The SMILES string of the molecule is C[C@H](NC(=O)COc1cccc(-n2cnnn2)c1)c1ccccc1. The molecule has 122 valence electrons. The van der Waals surface area contributed by atoms with Crippen molar-refractivity contribution in [2.24, 2.45) is 0 Å². The number of amides is 1. The average Bonchev–Trinajstić information content (AvgIpc) is 3.16. The Kier molecular flexibility index (Phi) is 4.81. The Hall–Kier alpha value is -3.22. The molecule has 1 N–H and O–H groups in total. The van der Waals surface area contributed by atoms with Gasteiger partial charge in [-0.05, 0) is 35.0 Å². The second-order valence-electron chi connectivity index (χ2n) is 5.24. The van der Waals surface area contributed by atoms with Crippen molar-refractivity contribution in [2.45, 2.75) is 13.0 Å². The third-order valence-electron chi connectivity index (χ3n) is 3.48. The van der Waals surface area contributed by atoms with Crippen LogP contribution in [0.15, 0.2) is 60.9 Å². The molecular formula is C17H17N5O2. The highest BCUT2D eigenvalue weighted by atomic mass is 16.5. The first-order valence-corrected chi connectivity index (χ1v) is 7.53. The molecule has 0 bridgehead atoms. The number of rotatable bonds is 6. The van der Waals surface area contributed by atoms with Gasteiger partial charge in [-0.2, -0.15) is 0 Å². The van der Waals surface area contributed by atoms with E-state index in [0.29, 0.717) is 5.75 Å². The number of hydrogen-bond donors (Lipinski definition) is 1. The molecule has 24 heavy (non-hydrogen) atoms. The molecule has 7 heteroatoms. The van der Waals surface area contributed by atoms with Crippen LogP contribution >= 0.6 is 0 Å². The molecule has 0 fully saturated rings. The molecule has 3 rings (SSSR count). The third-order valence-corrected chi connectivity index (χ3v) is 3.48. The van der Waals surface area contributed by atoms with Gasteiger partial charge in [-0.25, -0.2) is 4.68 Å². The summed E-state index contributed by atoms with van der Waals surface area (Å²) >= 11 is 0. The Bertz CT molecular complexity index is 790. The van der Waals surface area contributed by atoms with E-state index in [-0.39, 0.29) is 18.6 Å². The van der Waals surface area contributed by atoms with E-state index in [1.54, 1.807) is 12.1 Å². The highest BCUT2D eigenvalue weighted by Crippen LogP contribution is 2.16. The van der Waals surface area contributed by atoms with Crippen LogP contribution in [0, 0.1) is 0 Å². The van der Waals surface area contributed by atoms with Crippen LogP contribution in [0.3, 0.4) is 0 Å². The first kappa shape index (κ1) is 15.7. The van der Waals surface area contributed by atoms with E-state index in [2.05, 4.69) is 20.8 Å². The summed E-state index contributed by atoms with van der Waals surface area (Å²) in [6.45, 7) is 1.88. The van der Waals surface area contributed by atoms with Gasteiger partial charge in [-0.3, -0.25) is 4.79 Å². The minimum absolute atomic E-state index is 0.0593. The topological polar surface area (TPSA) is 81.9 Å². The van der Waals surface area contributed by atoms with Crippen LogP contribution in [0.1, 0.15) is 18.5 Å². The van der Waals surface area contributed by atoms with E-state index in [1.807, 2.05) is 49.4 Å². The summed E-state index contributed by atoms with van der Waals surface area (Å²) in [4.78, 5) is 12.0. The molecule has 0 aliphatic carbocycles. The first-order valence-electron chi connectivity index (χ1n) is 7.53. The van der Waals surface area contributed by atoms with Gasteiger partial charge >= 0.3 is 0 Å². The molecule has 0 unspecified atom stereocenters. The molecule has 1 amide bonds. The van der Waals surface area contributed by atoms with Crippen molar-refractivity contribution < 1.29 is 9.53 Å². The number of nitrogens with one attached hydrogen (secondary N) is 1. The van der Waals surface area contributed by atoms with Gasteiger partial charge in [-0.15, -0.1) is 5.10 Å². The summed E-state index contributed by atoms with van der Waals surface area (Å²) in [5.74, 6) is 0.393. The van der Waals surface area contributed by atoms with Crippen molar-refractivity contribution in [3.63, 3.8) is 0 Å². The standard InChI is InChI=1S/C17H17N5O2/c1-13(14-6-3-2-4-7-14)19-17(23)11-24-16-9-5-8-15(10-16)22-12-18-20-21-22/h2-10,12-13H,11H2,1H3,(H,19,23)/t13-/m0/s1. The fraction of sp³-hybridized carbons (Fsp3) is 0.176. The Morgan fingerprint density at radius 1 is 1.21 bits per heavy atom. The molecule has 0 aliphatic heterocycles. The summed E-state index contributed by atoms with van der Waals surface area (Å²) < 4.78 is 7.07. The van der Waals surface area contributed by atoms with Gasteiger partial charge in [0, 0.05) is 6.07 Å². The number of benzene rings is 2. The van der Waals surface area contributed by atoms with E-state index >= 15 is 0 Å². The maximum Gasteiger partial charge on any atom is 0.258 e. The maximum absolute atomic E-state index is 12.0. The van der Waals surface area contributed by atoms with Gasteiger partial charge < -0.3 is 10.1 Å². The normalized spacial score (nSPS) is 11.7. The molecular weight excluding hydrogens is 306 g/mol. The van der Waals surface area contributed by atoms with Crippen molar-refractivity contribution in [3.8, 4) is 11.4 Å². The molecule has 1 aromatic heterocycles. The van der Waals surface area contributed by atoms with Gasteiger partial charge in [-0.1, -0.05) is 36.4 Å². The molecule has 3 aromatic rings. The highest BCUT2D eigenvalue weighted by Gasteiger charge is 2.10. The molecule has 1 atom stereocenters. The van der Waals surface area contributed by atoms with E-state index in [1.165, 1.54) is 11.0 Å². The average molecular weight is 323 g/mol. The predicted molar refractivity (Wildman–Crippen MR) is 87.6 cm³/mol. The lowest BCUT2D eigenvalue weighted by Crippen LogP contribution is -2.31. The lowest BCUT2D eigenvalue weighted by Gasteiger charge is -2.14. The van der Waals surface area contributed by atoms with Crippen molar-refractivity contribution in [3.05, 3.63) is 66.5 Å². The second kappa shape index (κ2) is 7.36. The number of carbonyl (C=O) groups excluding carboxylic acids is 1. The number of aromatic nitrogens is 4. The van der Waals surface area contributed by atoms with E-state index < -0.39 is 0 Å². The van der Waals surface area contributed by atoms with E-state index in [0.717, 1.165) is 11.3 Å². The zero-order chi connectivity index (χ0) is 16.8. The number of ether oxygens (including phenoxy) is 1. The molecule has 0 aliphatic rings. The van der Waals surface area contributed by atoms with Crippen LogP contribution in [-0.4, -0.2) is 32.7 Å². The summed E-state index contributed by atoms with van der Waals surface area (Å²) in [6.07, 6.45) is 1.49. The lowest BCUT2D eigenvalue weighted by atomic mass is 10.1. The minimum atomic E-state index is -0.181. The van der Waals surface area contributed by atoms with E-state index in [4.69, 9.17) is 4.74 Å². The molecule has 1 heterocycles. The fourth-order valence-corrected chi connectivity index (χ4v) is 2.25. The van der Waals surface area contributed by atoms with Crippen LogP contribution in [0.25, 0.3) is 5.69 Å². The number of tetrazole rings is 1. The minimum Gasteiger partial charge on any atom is -0.484 e. The Morgan fingerprint density at radius 2 is 2.04 bits per heavy atom. The summed E-state index contributed by atoms with van der Waals surface area (Å²) in [5.41, 5.74) is 1.81. The van der Waals surface area contributed by atoms with Crippen molar-refractivity contribution in [2.75, 3.05) is 6.61 Å². The van der Waals surface area contributed by atoms with E-state index in [9.17, 15) is 4.79 Å². The highest BCUT2D eigenvalue weighted by molar-refractivity contribution is 5.78. The fourth-order valence-electron chi connectivity index (χ4n) is 2.25. The van der Waals surface area contributed by atoms with Crippen molar-refractivity contribution in [1.82, 2.24) is 25.5 Å². The van der Waals surface area contributed by atoms with Crippen LogP contribution in [0.4, 0.5) is 0 Å². The van der Waals surface area contributed by atoms with Crippen LogP contribution in [0.5, 0.6) is 5.75 Å². The quantitative estimate of drug-likeness (QED) is 0.749. The molecule has 0 spiro atoms. The number of carbonyl (C=O) groups is 1. The van der Waals surface area contributed by atoms with Crippen molar-refractivity contribution >= 4 is 5.91 Å². The van der Waals surface area contributed by atoms with Crippen molar-refractivity contribution in [1.29, 1.82) is 0 Å². The smallest absolute Gasteiger partial charge is 0.258 e. The van der Waals surface area contributed by atoms with Crippen LogP contribution < -0.4 is 10.1 Å². The maximum atomic E-state index is 12.0. The number of nitrogens with zero attached hydrogens (tertiary/aromatic N) is 4. The summed E-state index contributed by atoms with van der Waals surface area (Å²) in [6, 6.07) is 16.9. The molecule has 0 radical (unpaired) electrons. The summed E-state index contributed by atoms with van der Waals surface area (Å²) in [5, 5.41) is 13.9. The Morgan fingerprint density at radius 3 is 2.79 bits per heavy atom. The largest absolute Gasteiger partial charge is 0.484 e. The molecule has 7 nitrogen and oxygen atoms in total. The lowest BCUT2D eigenvalue weighted by molar-refractivity contribution is -0.123. The molecule has 0 saturated heterocycles. The van der Waals surface area contributed by atoms with Gasteiger partial charge in [0.25, 0.3) is 5.91 Å². The van der Waals surface area contributed by atoms with Gasteiger partial charge in [0.05, 0.1) is 11.7 Å². The monoisotopic (exact) mass is 323 g/mol. The number of hydrogen-bond acceptors (Lipinski definition) is 5. The third kappa shape index (κ3) is 3.95. The zero-order valence-electron chi connectivity index (χ0n) is 13.2.